The van der Waals surface area contributed by atoms with Crippen LogP contribution in [0.4, 0.5) is 11.8 Å². The molecule has 0 aliphatic carbocycles. The van der Waals surface area contributed by atoms with Crippen molar-refractivity contribution in [2.75, 3.05) is 37.4 Å². The molecule has 0 fully saturated rings. The molecule has 0 aromatic carbocycles. The summed E-state index contributed by atoms with van der Waals surface area (Å²) < 4.78 is 1.11. The molecule has 128 valence electrons. The molecular formula is C15H21N7O2. The number of hydrogen-bond acceptors (Lipinski definition) is 7. The third-order valence-corrected chi connectivity index (χ3v) is 3.11. The Balaban J connectivity index is 1.80. The standard InChI is InChI=1S/C15H21N7O2/c1-11-9-12(21(2)3)20-15(19-11)17-8-7-16-13(23)10-22-14(24)5-4-6-18-22/h4-6,9H,7-8,10H2,1-3H3,(H,16,23)(H,17,19,20). The average Bonchev–Trinajstić information content (AvgIpc) is 2.53. The molecule has 0 radical (unpaired) electrons. The van der Waals surface area contributed by atoms with Crippen molar-refractivity contribution in [3.05, 3.63) is 40.4 Å². The van der Waals surface area contributed by atoms with E-state index >= 15 is 0 Å². The molecule has 0 aliphatic heterocycles. The van der Waals surface area contributed by atoms with E-state index in [2.05, 4.69) is 25.7 Å². The minimum absolute atomic E-state index is 0.106. The van der Waals surface area contributed by atoms with Crippen LogP contribution in [0.25, 0.3) is 0 Å². The Labute approximate surface area is 139 Å². The molecule has 0 saturated heterocycles. The SMILES string of the molecule is Cc1cc(N(C)C)nc(NCCNC(=O)Cn2ncccc2=O)n1. The van der Waals surface area contributed by atoms with Gasteiger partial charge in [0.1, 0.15) is 12.4 Å². The first-order valence-corrected chi connectivity index (χ1v) is 7.51. The van der Waals surface area contributed by atoms with Crippen molar-refractivity contribution in [1.29, 1.82) is 0 Å². The lowest BCUT2D eigenvalue weighted by molar-refractivity contribution is -0.121. The van der Waals surface area contributed by atoms with Crippen LogP contribution >= 0.6 is 0 Å². The quantitative estimate of drug-likeness (QED) is 0.667. The van der Waals surface area contributed by atoms with E-state index in [1.807, 2.05) is 32.0 Å². The van der Waals surface area contributed by atoms with Gasteiger partial charge in [0.15, 0.2) is 0 Å². The van der Waals surface area contributed by atoms with E-state index in [1.54, 1.807) is 0 Å². The van der Waals surface area contributed by atoms with Gasteiger partial charge in [-0.15, -0.1) is 0 Å². The Hall–Kier alpha value is -2.97. The number of carbonyl (C=O) groups is 1. The Morgan fingerprint density at radius 3 is 2.79 bits per heavy atom. The monoisotopic (exact) mass is 331 g/mol. The van der Waals surface area contributed by atoms with Gasteiger partial charge in [0.2, 0.25) is 11.9 Å². The molecule has 0 aliphatic rings. The molecule has 0 spiro atoms. The fourth-order valence-electron chi connectivity index (χ4n) is 1.93. The summed E-state index contributed by atoms with van der Waals surface area (Å²) in [5.74, 6) is 1.04. The molecular weight excluding hydrogens is 310 g/mol. The summed E-state index contributed by atoms with van der Waals surface area (Å²) >= 11 is 0. The highest BCUT2D eigenvalue weighted by Crippen LogP contribution is 2.11. The van der Waals surface area contributed by atoms with E-state index in [0.29, 0.717) is 19.0 Å². The van der Waals surface area contributed by atoms with Crippen LogP contribution < -0.4 is 21.1 Å². The molecule has 0 bridgehead atoms. The predicted octanol–water partition coefficient (Wildman–Crippen LogP) is -0.364. The summed E-state index contributed by atoms with van der Waals surface area (Å²) in [5.41, 5.74) is 0.546. The van der Waals surface area contributed by atoms with Crippen LogP contribution in [-0.4, -0.2) is 52.8 Å². The lowest BCUT2D eigenvalue weighted by Gasteiger charge is -2.14. The largest absolute Gasteiger partial charge is 0.363 e. The number of carbonyl (C=O) groups excluding carboxylic acids is 1. The second-order valence-electron chi connectivity index (χ2n) is 5.38. The minimum atomic E-state index is -0.310. The first-order chi connectivity index (χ1) is 11.5. The third-order valence-electron chi connectivity index (χ3n) is 3.11. The van der Waals surface area contributed by atoms with Gasteiger partial charge in [-0.3, -0.25) is 9.59 Å². The number of anilines is 2. The number of rotatable bonds is 7. The Bertz CT molecular complexity index is 757. The highest BCUT2D eigenvalue weighted by atomic mass is 16.2. The van der Waals surface area contributed by atoms with Gasteiger partial charge in [0.05, 0.1) is 0 Å². The number of amides is 1. The minimum Gasteiger partial charge on any atom is -0.363 e. The van der Waals surface area contributed by atoms with E-state index in [9.17, 15) is 9.59 Å². The zero-order valence-corrected chi connectivity index (χ0v) is 14.0. The van der Waals surface area contributed by atoms with Crippen molar-refractivity contribution >= 4 is 17.7 Å². The first kappa shape index (κ1) is 17.4. The summed E-state index contributed by atoms with van der Waals surface area (Å²) in [4.78, 5) is 33.8. The van der Waals surface area contributed by atoms with Gasteiger partial charge in [-0.1, -0.05) is 0 Å². The van der Waals surface area contributed by atoms with Crippen LogP contribution in [-0.2, 0) is 11.3 Å². The molecule has 2 rings (SSSR count). The van der Waals surface area contributed by atoms with Crippen LogP contribution in [0, 0.1) is 6.92 Å². The van der Waals surface area contributed by atoms with E-state index in [0.717, 1.165) is 16.2 Å². The Morgan fingerprint density at radius 1 is 1.29 bits per heavy atom. The summed E-state index contributed by atoms with van der Waals surface area (Å²) in [6.45, 7) is 2.64. The average molecular weight is 331 g/mol. The second kappa shape index (κ2) is 8.04. The van der Waals surface area contributed by atoms with Crippen molar-refractivity contribution in [1.82, 2.24) is 25.1 Å². The molecule has 24 heavy (non-hydrogen) atoms. The van der Waals surface area contributed by atoms with Crippen molar-refractivity contribution in [3.63, 3.8) is 0 Å². The third kappa shape index (κ3) is 5.04. The van der Waals surface area contributed by atoms with Crippen LogP contribution in [0.15, 0.2) is 29.2 Å². The van der Waals surface area contributed by atoms with E-state index in [-0.39, 0.29) is 18.0 Å². The van der Waals surface area contributed by atoms with Crippen molar-refractivity contribution in [2.45, 2.75) is 13.5 Å². The molecule has 0 atom stereocenters. The van der Waals surface area contributed by atoms with E-state index in [1.165, 1.54) is 18.3 Å². The van der Waals surface area contributed by atoms with Crippen LogP contribution in [0.5, 0.6) is 0 Å². The number of aryl methyl sites for hydroxylation is 1. The molecule has 9 nitrogen and oxygen atoms in total. The normalized spacial score (nSPS) is 10.3. The van der Waals surface area contributed by atoms with Crippen molar-refractivity contribution < 1.29 is 4.79 Å². The van der Waals surface area contributed by atoms with E-state index in [4.69, 9.17) is 0 Å². The molecule has 2 aromatic heterocycles. The number of nitrogens with one attached hydrogen (secondary N) is 2. The maximum Gasteiger partial charge on any atom is 0.267 e. The van der Waals surface area contributed by atoms with Crippen LogP contribution in [0.1, 0.15) is 5.69 Å². The van der Waals surface area contributed by atoms with Gasteiger partial charge in [0.25, 0.3) is 5.56 Å². The fraction of sp³-hybridized carbons (Fsp3) is 0.400. The summed E-state index contributed by atoms with van der Waals surface area (Å²) in [6.07, 6.45) is 1.47. The molecule has 2 aromatic rings. The smallest absolute Gasteiger partial charge is 0.267 e. The summed E-state index contributed by atoms with van der Waals surface area (Å²) in [5, 5.41) is 9.61. The van der Waals surface area contributed by atoms with E-state index < -0.39 is 0 Å². The van der Waals surface area contributed by atoms with Gasteiger partial charge in [-0.05, 0) is 13.0 Å². The highest BCUT2D eigenvalue weighted by molar-refractivity contribution is 5.75. The van der Waals surface area contributed by atoms with Gasteiger partial charge >= 0.3 is 0 Å². The molecule has 9 heteroatoms. The van der Waals surface area contributed by atoms with Crippen molar-refractivity contribution in [3.8, 4) is 0 Å². The van der Waals surface area contributed by atoms with Gasteiger partial charge < -0.3 is 15.5 Å². The highest BCUT2D eigenvalue weighted by Gasteiger charge is 2.06. The van der Waals surface area contributed by atoms with Gasteiger partial charge in [-0.25, -0.2) is 9.67 Å². The molecule has 1 amide bonds. The van der Waals surface area contributed by atoms with Gasteiger partial charge in [-0.2, -0.15) is 10.1 Å². The number of aromatic nitrogens is 4. The lowest BCUT2D eigenvalue weighted by atomic mass is 10.4. The molecule has 2 heterocycles. The van der Waals surface area contributed by atoms with Crippen LogP contribution in [0.3, 0.4) is 0 Å². The number of hydrogen-bond donors (Lipinski definition) is 2. The zero-order chi connectivity index (χ0) is 17.5. The lowest BCUT2D eigenvalue weighted by Crippen LogP contribution is -2.35. The fourth-order valence-corrected chi connectivity index (χ4v) is 1.93. The Kier molecular flexibility index (Phi) is 5.83. The number of nitrogens with zero attached hydrogens (tertiary/aromatic N) is 5. The van der Waals surface area contributed by atoms with Crippen LogP contribution in [0.2, 0.25) is 0 Å². The first-order valence-electron chi connectivity index (χ1n) is 7.51. The summed E-state index contributed by atoms with van der Waals surface area (Å²) in [6, 6.07) is 4.78. The molecule has 0 saturated carbocycles. The molecule has 2 N–H and O–H groups in total. The topological polar surface area (TPSA) is 105 Å². The molecule has 0 unspecified atom stereocenters. The Morgan fingerprint density at radius 2 is 2.08 bits per heavy atom. The maximum absolute atomic E-state index is 11.8. The van der Waals surface area contributed by atoms with Gasteiger partial charge in [0, 0.05) is 51.2 Å². The van der Waals surface area contributed by atoms with Crippen molar-refractivity contribution in [2.24, 2.45) is 0 Å². The predicted molar refractivity (Wildman–Crippen MR) is 91.1 cm³/mol. The second-order valence-corrected chi connectivity index (χ2v) is 5.38. The maximum atomic E-state index is 11.8. The zero-order valence-electron chi connectivity index (χ0n) is 14.0. The summed E-state index contributed by atoms with van der Waals surface area (Å²) in [7, 11) is 3.82.